The Balaban J connectivity index is -0.000000320. The Hall–Kier alpha value is 1.26. The van der Waals surface area contributed by atoms with Gasteiger partial charge in [0.2, 0.25) is 0 Å². The van der Waals surface area contributed by atoms with Crippen molar-refractivity contribution >= 4 is 15.6 Å². The van der Waals surface area contributed by atoms with Crippen LogP contribution in [-0.4, -0.2) is 9.79 Å². The van der Waals surface area contributed by atoms with Crippen LogP contribution in [0.25, 0.3) is 0 Å². The number of hydrogen-bond donors (Lipinski definition) is 2. The van der Waals surface area contributed by atoms with Crippen molar-refractivity contribution in [3.63, 3.8) is 0 Å². The first-order valence-corrected chi connectivity index (χ1v) is 4.49. The Kier molecular flexibility index (Phi) is 5.98. The zero-order valence-corrected chi connectivity index (χ0v) is 8.62. The molecule has 0 unspecified atom stereocenters. The van der Waals surface area contributed by atoms with E-state index in [0.29, 0.717) is 0 Å². The van der Waals surface area contributed by atoms with Crippen molar-refractivity contribution in [1.29, 1.82) is 0 Å². The molecule has 0 saturated carbocycles. The number of rotatable bonds is 2. The summed E-state index contributed by atoms with van der Waals surface area (Å²) in [6.45, 7) is 0. The molecule has 0 aliphatic heterocycles. The average Bonchev–Trinajstić information content (AvgIpc) is 1.14. The molecule has 0 aliphatic carbocycles. The second-order valence-electron chi connectivity index (χ2n) is 1.02. The maximum absolute atomic E-state index is 9.55. The van der Waals surface area contributed by atoms with Gasteiger partial charge in [-0.15, -0.1) is 0 Å². The predicted octanol–water partition coefficient (Wildman–Crippen LogP) is -4.96. The van der Waals surface area contributed by atoms with E-state index in [9.17, 15) is 18.9 Å². The molecule has 0 aromatic carbocycles. The van der Waals surface area contributed by atoms with E-state index in [2.05, 4.69) is 4.31 Å². The minimum absolute atomic E-state index is 0. The van der Waals surface area contributed by atoms with Crippen LogP contribution in [0.1, 0.15) is 1.43 Å². The van der Waals surface area contributed by atoms with Gasteiger partial charge >= 0.3 is 38.8 Å². The van der Waals surface area contributed by atoms with Crippen LogP contribution in [0.5, 0.6) is 0 Å². The average molecular weight is 200 g/mol. The third-order valence-corrected chi connectivity index (χ3v) is 1.86. The van der Waals surface area contributed by atoms with Crippen molar-refractivity contribution in [1.82, 2.24) is 0 Å². The summed E-state index contributed by atoms with van der Waals surface area (Å²) in [6.07, 6.45) is 0. The largest absolute Gasteiger partial charge is 1.00 e. The van der Waals surface area contributed by atoms with Gasteiger partial charge in [-0.25, -0.2) is 4.57 Å². The molecule has 7 nitrogen and oxygen atoms in total. The standard InChI is InChI=1S/Na.H4O7P2/c;1-8(2,3)7-9(4,5)6/h;(H2,1,2,3)(H2,4,5,6)/q+1;/p-1. The van der Waals surface area contributed by atoms with Crippen molar-refractivity contribution in [2.75, 3.05) is 0 Å². The molecular weight excluding hydrogens is 197 g/mol. The van der Waals surface area contributed by atoms with E-state index in [-0.39, 0.29) is 31.0 Å². The molecule has 0 aliphatic rings. The van der Waals surface area contributed by atoms with Gasteiger partial charge < -0.3 is 24.1 Å². The molecule has 0 aromatic rings. The van der Waals surface area contributed by atoms with E-state index < -0.39 is 15.6 Å². The van der Waals surface area contributed by atoms with Gasteiger partial charge in [0.25, 0.3) is 0 Å². The molecule has 10 heteroatoms. The summed E-state index contributed by atoms with van der Waals surface area (Å²) in [7, 11) is -10.7. The zero-order chi connectivity index (χ0) is 7.71. The molecule has 0 aromatic heterocycles. The monoisotopic (exact) mass is 200 g/mol. The minimum atomic E-state index is -5.55. The topological polar surface area (TPSA) is 130 Å². The molecule has 0 amide bonds. The van der Waals surface area contributed by atoms with Gasteiger partial charge in [0.15, 0.2) is 0 Å². The van der Waals surface area contributed by atoms with Crippen LogP contribution >= 0.6 is 15.6 Å². The third-order valence-electron chi connectivity index (χ3n) is 0.206. The Bertz CT molecular complexity index is 157. The molecule has 0 bridgehead atoms. The van der Waals surface area contributed by atoms with Crippen LogP contribution in [0.2, 0.25) is 0 Å². The van der Waals surface area contributed by atoms with Gasteiger partial charge in [-0.2, -0.15) is 0 Å². The van der Waals surface area contributed by atoms with Gasteiger partial charge in [-0.05, 0) is 0 Å². The smallest absolute Gasteiger partial charge is 0.789 e. The fourth-order valence-corrected chi connectivity index (χ4v) is 1.17. The molecule has 0 saturated heterocycles. The molecule has 0 heterocycles. The Morgan fingerprint density at radius 3 is 1.60 bits per heavy atom. The fourth-order valence-electron chi connectivity index (χ4n) is 0.130. The summed E-state index contributed by atoms with van der Waals surface area (Å²) in [5.74, 6) is 0. The SMILES string of the molecule is O=P([O-])([O-])OP(=O)(O)O.[H+].[Na+]. The van der Waals surface area contributed by atoms with Crippen LogP contribution in [0, 0.1) is 0 Å². The van der Waals surface area contributed by atoms with Crippen LogP contribution in [0.3, 0.4) is 0 Å². The number of phosphoric acid groups is 2. The summed E-state index contributed by atoms with van der Waals surface area (Å²) in [5, 5.41) is 0. The molecule has 0 radical (unpaired) electrons. The quantitative estimate of drug-likeness (QED) is 0.337. The van der Waals surface area contributed by atoms with Crippen LogP contribution < -0.4 is 39.3 Å². The fraction of sp³-hybridized carbons (Fsp3) is 0. The molecule has 10 heavy (non-hydrogen) atoms. The van der Waals surface area contributed by atoms with E-state index >= 15 is 0 Å². The van der Waals surface area contributed by atoms with Gasteiger partial charge in [0.05, 0.1) is 7.82 Å². The summed E-state index contributed by atoms with van der Waals surface area (Å²) in [5.41, 5.74) is 0. The summed E-state index contributed by atoms with van der Waals surface area (Å²) in [6, 6.07) is 0. The second-order valence-corrected chi connectivity index (χ2v) is 3.55. The van der Waals surface area contributed by atoms with Crippen LogP contribution in [0.4, 0.5) is 0 Å². The molecule has 0 rings (SSSR count). The first-order chi connectivity index (χ1) is 3.71. The summed E-state index contributed by atoms with van der Waals surface area (Å²) in [4.78, 5) is 34.1. The van der Waals surface area contributed by atoms with Gasteiger partial charge in [-0.1, -0.05) is 0 Å². The van der Waals surface area contributed by atoms with E-state index in [1.54, 1.807) is 0 Å². The Morgan fingerprint density at radius 1 is 1.30 bits per heavy atom. The van der Waals surface area contributed by atoms with E-state index in [4.69, 9.17) is 9.79 Å². The maximum Gasteiger partial charge on any atom is 1.00 e. The normalized spacial score (nSPS) is 12.4. The molecule has 2 N–H and O–H groups in total. The van der Waals surface area contributed by atoms with Crippen molar-refractivity contribution in [2.24, 2.45) is 0 Å². The van der Waals surface area contributed by atoms with Crippen molar-refractivity contribution in [2.45, 2.75) is 0 Å². The molecule has 56 valence electrons. The van der Waals surface area contributed by atoms with Crippen molar-refractivity contribution < 1.29 is 64.0 Å². The van der Waals surface area contributed by atoms with E-state index in [0.717, 1.165) is 0 Å². The molecule has 0 fully saturated rings. The van der Waals surface area contributed by atoms with Gasteiger partial charge in [0, 0.05) is 0 Å². The predicted molar refractivity (Wildman–Crippen MR) is 21.8 cm³/mol. The third kappa shape index (κ3) is 12.0. The number of hydrogen-bond acceptors (Lipinski definition) is 5. The van der Waals surface area contributed by atoms with Crippen molar-refractivity contribution in [3.8, 4) is 0 Å². The van der Waals surface area contributed by atoms with Gasteiger partial charge in [0.1, 0.15) is 0 Å². The zero-order valence-electron chi connectivity index (χ0n) is 5.83. The first kappa shape index (κ1) is 13.8. The van der Waals surface area contributed by atoms with Crippen LogP contribution in [0.15, 0.2) is 0 Å². The van der Waals surface area contributed by atoms with Gasteiger partial charge in [-0.3, -0.25) is 4.31 Å². The van der Waals surface area contributed by atoms with Crippen LogP contribution in [-0.2, 0) is 13.4 Å². The Morgan fingerprint density at radius 2 is 1.60 bits per heavy atom. The molecule has 0 atom stereocenters. The van der Waals surface area contributed by atoms with E-state index in [1.807, 2.05) is 0 Å². The Labute approximate surface area is 79.7 Å². The molecular formula is H3NaO7P2. The first-order valence-electron chi connectivity index (χ1n) is 1.50. The summed E-state index contributed by atoms with van der Waals surface area (Å²) < 4.78 is 21.7. The minimum Gasteiger partial charge on any atom is -0.789 e. The maximum atomic E-state index is 9.55. The van der Waals surface area contributed by atoms with E-state index in [1.165, 1.54) is 0 Å². The second kappa shape index (κ2) is 4.33. The van der Waals surface area contributed by atoms with Crippen molar-refractivity contribution in [3.05, 3.63) is 0 Å². The summed E-state index contributed by atoms with van der Waals surface area (Å²) >= 11 is 0. The molecule has 0 spiro atoms.